The van der Waals surface area contributed by atoms with E-state index in [1.165, 1.54) is 0 Å². The standard InChI is InChI=1S/C14H22N6/c1-14(2,3)13-17-10(15)8-11(18-13)20(5)9-12-16-6-7-19(12)4/h6-8H,9H2,1-5H3,(H2,15,17,18). The number of nitrogen functional groups attached to an aromatic ring is 1. The summed E-state index contributed by atoms with van der Waals surface area (Å²) in [5.41, 5.74) is 5.77. The van der Waals surface area contributed by atoms with E-state index in [0.29, 0.717) is 12.4 Å². The topological polar surface area (TPSA) is 72.9 Å². The van der Waals surface area contributed by atoms with Crippen molar-refractivity contribution in [2.45, 2.75) is 32.7 Å². The summed E-state index contributed by atoms with van der Waals surface area (Å²) in [7, 11) is 3.95. The predicted octanol–water partition coefficient (Wildman–Crippen LogP) is 1.73. The van der Waals surface area contributed by atoms with Gasteiger partial charge in [0.25, 0.3) is 0 Å². The van der Waals surface area contributed by atoms with Crippen LogP contribution in [0.25, 0.3) is 0 Å². The van der Waals surface area contributed by atoms with Gasteiger partial charge in [-0.1, -0.05) is 20.8 Å². The molecule has 0 bridgehead atoms. The highest BCUT2D eigenvalue weighted by Gasteiger charge is 2.19. The van der Waals surface area contributed by atoms with Gasteiger partial charge in [0.2, 0.25) is 0 Å². The van der Waals surface area contributed by atoms with Gasteiger partial charge < -0.3 is 15.2 Å². The summed E-state index contributed by atoms with van der Waals surface area (Å²) in [5.74, 6) is 3.03. The predicted molar refractivity (Wildman–Crippen MR) is 80.5 cm³/mol. The molecule has 0 aliphatic carbocycles. The second-order valence-electron chi connectivity index (χ2n) is 6.04. The van der Waals surface area contributed by atoms with E-state index in [-0.39, 0.29) is 5.41 Å². The Morgan fingerprint density at radius 1 is 1.30 bits per heavy atom. The third-order valence-corrected chi connectivity index (χ3v) is 3.09. The summed E-state index contributed by atoms with van der Waals surface area (Å²) in [6, 6.07) is 1.79. The Bertz CT molecular complexity index is 596. The number of imidazole rings is 1. The fraction of sp³-hybridized carbons (Fsp3) is 0.500. The molecule has 0 unspecified atom stereocenters. The van der Waals surface area contributed by atoms with E-state index in [1.807, 2.05) is 29.8 Å². The summed E-state index contributed by atoms with van der Waals surface area (Å²) >= 11 is 0. The zero-order valence-corrected chi connectivity index (χ0v) is 12.8. The maximum atomic E-state index is 5.90. The van der Waals surface area contributed by atoms with Crippen LogP contribution in [0.2, 0.25) is 0 Å². The normalized spacial score (nSPS) is 11.7. The number of nitrogens with two attached hydrogens (primary N) is 1. The van der Waals surface area contributed by atoms with Gasteiger partial charge >= 0.3 is 0 Å². The molecule has 0 amide bonds. The van der Waals surface area contributed by atoms with E-state index in [4.69, 9.17) is 5.73 Å². The van der Waals surface area contributed by atoms with Crippen molar-refractivity contribution in [2.75, 3.05) is 17.7 Å². The minimum absolute atomic E-state index is 0.131. The lowest BCUT2D eigenvalue weighted by Crippen LogP contribution is -2.24. The molecule has 108 valence electrons. The average molecular weight is 274 g/mol. The van der Waals surface area contributed by atoms with Crippen LogP contribution >= 0.6 is 0 Å². The smallest absolute Gasteiger partial charge is 0.138 e. The summed E-state index contributed by atoms with van der Waals surface area (Å²) in [5, 5.41) is 0. The van der Waals surface area contributed by atoms with Gasteiger partial charge in [0, 0.05) is 38.0 Å². The molecule has 0 fully saturated rings. The van der Waals surface area contributed by atoms with Crippen molar-refractivity contribution in [3.63, 3.8) is 0 Å². The highest BCUT2D eigenvalue weighted by molar-refractivity contribution is 5.47. The van der Waals surface area contributed by atoms with Crippen LogP contribution in [0, 0.1) is 0 Å². The van der Waals surface area contributed by atoms with Gasteiger partial charge in [-0.05, 0) is 0 Å². The fourth-order valence-electron chi connectivity index (χ4n) is 1.83. The molecule has 20 heavy (non-hydrogen) atoms. The molecule has 0 saturated carbocycles. The molecule has 0 radical (unpaired) electrons. The van der Waals surface area contributed by atoms with Crippen LogP contribution in [-0.4, -0.2) is 26.6 Å². The largest absolute Gasteiger partial charge is 0.384 e. The molecule has 2 aromatic heterocycles. The molecule has 6 nitrogen and oxygen atoms in total. The molecule has 2 N–H and O–H groups in total. The molecule has 2 aromatic rings. The van der Waals surface area contributed by atoms with E-state index in [0.717, 1.165) is 17.5 Å². The average Bonchev–Trinajstić information content (AvgIpc) is 2.73. The van der Waals surface area contributed by atoms with Crippen LogP contribution in [0.3, 0.4) is 0 Å². The van der Waals surface area contributed by atoms with Crippen LogP contribution in [0.4, 0.5) is 11.6 Å². The van der Waals surface area contributed by atoms with Crippen molar-refractivity contribution in [1.82, 2.24) is 19.5 Å². The maximum absolute atomic E-state index is 5.90. The van der Waals surface area contributed by atoms with Gasteiger partial charge in [-0.3, -0.25) is 0 Å². The number of hydrogen-bond donors (Lipinski definition) is 1. The highest BCUT2D eigenvalue weighted by Crippen LogP contribution is 2.23. The van der Waals surface area contributed by atoms with Crippen molar-refractivity contribution in [2.24, 2.45) is 7.05 Å². The Morgan fingerprint density at radius 3 is 2.55 bits per heavy atom. The van der Waals surface area contributed by atoms with Gasteiger partial charge in [0.05, 0.1) is 6.54 Å². The molecule has 6 heteroatoms. The summed E-state index contributed by atoms with van der Waals surface area (Å²) < 4.78 is 1.99. The Balaban J connectivity index is 2.28. The van der Waals surface area contributed by atoms with Gasteiger partial charge in [-0.15, -0.1) is 0 Å². The minimum Gasteiger partial charge on any atom is -0.384 e. The van der Waals surface area contributed by atoms with Crippen molar-refractivity contribution >= 4 is 11.6 Å². The molecule has 0 atom stereocenters. The van der Waals surface area contributed by atoms with Crippen molar-refractivity contribution in [3.05, 3.63) is 30.1 Å². The Hall–Kier alpha value is -2.11. The monoisotopic (exact) mass is 274 g/mol. The second-order valence-corrected chi connectivity index (χ2v) is 6.04. The third-order valence-electron chi connectivity index (χ3n) is 3.09. The zero-order chi connectivity index (χ0) is 14.9. The zero-order valence-electron chi connectivity index (χ0n) is 12.8. The number of aryl methyl sites for hydroxylation is 1. The van der Waals surface area contributed by atoms with E-state index < -0.39 is 0 Å². The third kappa shape index (κ3) is 3.07. The second kappa shape index (κ2) is 5.11. The Morgan fingerprint density at radius 2 is 2.00 bits per heavy atom. The summed E-state index contributed by atoms with van der Waals surface area (Å²) in [6.07, 6.45) is 3.72. The number of nitrogens with zero attached hydrogens (tertiary/aromatic N) is 5. The quantitative estimate of drug-likeness (QED) is 0.922. The molecule has 2 rings (SSSR count). The number of anilines is 2. The van der Waals surface area contributed by atoms with Crippen LogP contribution in [0.1, 0.15) is 32.4 Å². The molecule has 0 saturated heterocycles. The van der Waals surface area contributed by atoms with Gasteiger partial charge in [-0.25, -0.2) is 15.0 Å². The van der Waals surface area contributed by atoms with Crippen LogP contribution < -0.4 is 10.6 Å². The Labute approximate surface area is 119 Å². The maximum Gasteiger partial charge on any atom is 0.138 e. The summed E-state index contributed by atoms with van der Waals surface area (Å²) in [4.78, 5) is 15.3. The van der Waals surface area contributed by atoms with Crippen LogP contribution in [0.5, 0.6) is 0 Å². The molecule has 2 heterocycles. The number of rotatable bonds is 3. The van der Waals surface area contributed by atoms with E-state index in [1.54, 1.807) is 12.3 Å². The first kappa shape index (κ1) is 14.3. The lowest BCUT2D eigenvalue weighted by molar-refractivity contribution is 0.545. The van der Waals surface area contributed by atoms with Gasteiger partial charge in [0.15, 0.2) is 0 Å². The van der Waals surface area contributed by atoms with Crippen LogP contribution in [-0.2, 0) is 19.0 Å². The van der Waals surface area contributed by atoms with Crippen molar-refractivity contribution < 1.29 is 0 Å². The lowest BCUT2D eigenvalue weighted by atomic mass is 9.96. The van der Waals surface area contributed by atoms with Crippen LogP contribution in [0.15, 0.2) is 18.5 Å². The molecule has 0 aromatic carbocycles. The summed E-state index contributed by atoms with van der Waals surface area (Å²) in [6.45, 7) is 6.89. The first-order valence-corrected chi connectivity index (χ1v) is 6.60. The molecule has 0 spiro atoms. The SMILES string of the molecule is CN(Cc1nccn1C)c1cc(N)nc(C(C)(C)C)n1. The first-order valence-electron chi connectivity index (χ1n) is 6.60. The molecular weight excluding hydrogens is 252 g/mol. The molecule has 0 aliphatic rings. The van der Waals surface area contributed by atoms with Crippen molar-refractivity contribution in [3.8, 4) is 0 Å². The van der Waals surface area contributed by atoms with Gasteiger partial charge in [-0.2, -0.15) is 0 Å². The number of aromatic nitrogens is 4. The van der Waals surface area contributed by atoms with E-state index in [2.05, 4.69) is 35.7 Å². The first-order chi connectivity index (χ1) is 9.27. The highest BCUT2D eigenvalue weighted by atomic mass is 15.2. The molecule has 0 aliphatic heterocycles. The van der Waals surface area contributed by atoms with Crippen molar-refractivity contribution in [1.29, 1.82) is 0 Å². The lowest BCUT2D eigenvalue weighted by Gasteiger charge is -2.22. The van der Waals surface area contributed by atoms with Gasteiger partial charge in [0.1, 0.15) is 23.3 Å². The molecular formula is C14H22N6. The fourth-order valence-corrected chi connectivity index (χ4v) is 1.83. The number of hydrogen-bond acceptors (Lipinski definition) is 5. The van der Waals surface area contributed by atoms with E-state index >= 15 is 0 Å². The Kier molecular flexibility index (Phi) is 3.65. The van der Waals surface area contributed by atoms with E-state index in [9.17, 15) is 0 Å². The minimum atomic E-state index is -0.131.